The van der Waals surface area contributed by atoms with E-state index in [4.69, 9.17) is 10.5 Å². The van der Waals surface area contributed by atoms with Crippen molar-refractivity contribution in [3.05, 3.63) is 17.8 Å². The molecule has 0 amide bonds. The zero-order valence-electron chi connectivity index (χ0n) is 10.9. The summed E-state index contributed by atoms with van der Waals surface area (Å²) in [5.74, 6) is 2.13. The summed E-state index contributed by atoms with van der Waals surface area (Å²) in [7, 11) is 0. The maximum atomic E-state index is 5.97. The minimum Gasteiger partial charge on any atom is -0.473 e. The van der Waals surface area contributed by atoms with Crippen LogP contribution in [0.15, 0.2) is 12.3 Å². The van der Waals surface area contributed by atoms with Gasteiger partial charge in [0, 0.05) is 6.20 Å². The predicted octanol–water partition coefficient (Wildman–Crippen LogP) is 3.18. The zero-order valence-corrected chi connectivity index (χ0v) is 10.9. The first-order valence-electron chi connectivity index (χ1n) is 6.45. The molecule has 17 heavy (non-hydrogen) atoms. The lowest BCUT2D eigenvalue weighted by molar-refractivity contribution is 0.0971. The Morgan fingerprint density at radius 3 is 2.76 bits per heavy atom. The molecule has 1 aliphatic rings. The minimum atomic E-state index is 0.276. The first-order chi connectivity index (χ1) is 8.08. The Bertz CT molecular complexity index is 392. The Kier molecular flexibility index (Phi) is 3.55. The lowest BCUT2D eigenvalue weighted by Gasteiger charge is -2.32. The molecule has 2 N–H and O–H groups in total. The third kappa shape index (κ3) is 2.71. The fraction of sp³-hybridized carbons (Fsp3) is 0.643. The standard InChI is InChI=1S/C14H22N2O/c1-9-4-5-12(8-11(9)3)17-14-13(15)10(2)6-7-16-14/h6-7,9,11-12H,4-5,8,15H2,1-3H3. The lowest BCUT2D eigenvalue weighted by Crippen LogP contribution is -2.29. The number of hydrogen-bond donors (Lipinski definition) is 1. The third-order valence-electron chi connectivity index (χ3n) is 4.00. The van der Waals surface area contributed by atoms with Crippen LogP contribution in [-0.4, -0.2) is 11.1 Å². The van der Waals surface area contributed by atoms with E-state index in [9.17, 15) is 0 Å². The molecule has 94 valence electrons. The first kappa shape index (κ1) is 12.2. The van der Waals surface area contributed by atoms with Crippen molar-refractivity contribution in [2.45, 2.75) is 46.1 Å². The minimum absolute atomic E-state index is 0.276. The van der Waals surface area contributed by atoms with E-state index < -0.39 is 0 Å². The van der Waals surface area contributed by atoms with Crippen molar-refractivity contribution < 1.29 is 4.74 Å². The molecule has 3 heteroatoms. The number of anilines is 1. The highest BCUT2D eigenvalue weighted by atomic mass is 16.5. The summed E-state index contributed by atoms with van der Waals surface area (Å²) >= 11 is 0. The molecular formula is C14H22N2O. The molecule has 1 aliphatic carbocycles. The molecule has 0 bridgehead atoms. The van der Waals surface area contributed by atoms with Crippen LogP contribution in [0.1, 0.15) is 38.7 Å². The molecule has 0 aliphatic heterocycles. The van der Waals surface area contributed by atoms with E-state index in [-0.39, 0.29) is 6.10 Å². The predicted molar refractivity (Wildman–Crippen MR) is 70.0 cm³/mol. The molecule has 3 unspecified atom stereocenters. The second-order valence-electron chi connectivity index (χ2n) is 5.35. The summed E-state index contributed by atoms with van der Waals surface area (Å²) in [5.41, 5.74) is 7.69. The van der Waals surface area contributed by atoms with Crippen molar-refractivity contribution in [1.82, 2.24) is 4.98 Å². The van der Waals surface area contributed by atoms with Crippen LogP contribution in [0.2, 0.25) is 0 Å². The van der Waals surface area contributed by atoms with Gasteiger partial charge in [0.05, 0.1) is 5.69 Å². The number of pyridine rings is 1. The molecule has 1 heterocycles. The van der Waals surface area contributed by atoms with E-state index >= 15 is 0 Å². The average molecular weight is 234 g/mol. The molecule has 3 atom stereocenters. The van der Waals surface area contributed by atoms with Crippen molar-refractivity contribution in [2.24, 2.45) is 11.8 Å². The Labute approximate surface area is 103 Å². The lowest BCUT2D eigenvalue weighted by atomic mass is 9.80. The van der Waals surface area contributed by atoms with Crippen molar-refractivity contribution >= 4 is 5.69 Å². The molecule has 1 aromatic heterocycles. The largest absolute Gasteiger partial charge is 0.473 e. The maximum Gasteiger partial charge on any atom is 0.237 e. The number of nitrogen functional groups attached to an aromatic ring is 1. The Morgan fingerprint density at radius 1 is 1.29 bits per heavy atom. The molecule has 1 aromatic rings. The number of hydrogen-bond acceptors (Lipinski definition) is 3. The molecular weight excluding hydrogens is 212 g/mol. The van der Waals surface area contributed by atoms with Crippen molar-refractivity contribution in [3.8, 4) is 5.88 Å². The van der Waals surface area contributed by atoms with Crippen LogP contribution in [-0.2, 0) is 0 Å². The van der Waals surface area contributed by atoms with E-state index in [1.807, 2.05) is 13.0 Å². The Hall–Kier alpha value is -1.25. The van der Waals surface area contributed by atoms with Gasteiger partial charge in [-0.05, 0) is 49.7 Å². The fourth-order valence-corrected chi connectivity index (χ4v) is 2.40. The number of rotatable bonds is 2. The molecule has 0 radical (unpaired) electrons. The zero-order chi connectivity index (χ0) is 12.4. The summed E-state index contributed by atoms with van der Waals surface area (Å²) in [6.45, 7) is 6.60. The maximum absolute atomic E-state index is 5.97. The molecule has 0 saturated heterocycles. The van der Waals surface area contributed by atoms with Crippen molar-refractivity contribution in [3.63, 3.8) is 0 Å². The number of nitrogens with zero attached hydrogens (tertiary/aromatic N) is 1. The SMILES string of the molecule is Cc1ccnc(OC2CCC(C)C(C)C2)c1N. The highest BCUT2D eigenvalue weighted by molar-refractivity contribution is 5.53. The average Bonchev–Trinajstić information content (AvgIpc) is 2.30. The van der Waals surface area contributed by atoms with E-state index in [1.54, 1.807) is 6.20 Å². The molecule has 1 saturated carbocycles. The molecule has 1 fully saturated rings. The van der Waals surface area contributed by atoms with Gasteiger partial charge in [-0.1, -0.05) is 13.8 Å². The van der Waals surface area contributed by atoms with Gasteiger partial charge in [-0.25, -0.2) is 4.98 Å². The molecule has 3 nitrogen and oxygen atoms in total. The highest BCUT2D eigenvalue weighted by Gasteiger charge is 2.26. The van der Waals surface area contributed by atoms with Crippen LogP contribution in [0.5, 0.6) is 5.88 Å². The number of ether oxygens (including phenoxy) is 1. The summed E-state index contributed by atoms with van der Waals surface area (Å²) < 4.78 is 5.95. The third-order valence-corrected chi connectivity index (χ3v) is 4.00. The van der Waals surface area contributed by atoms with Gasteiger partial charge in [-0.15, -0.1) is 0 Å². The van der Waals surface area contributed by atoms with Gasteiger partial charge >= 0.3 is 0 Å². The molecule has 0 aromatic carbocycles. The normalized spacial score (nSPS) is 29.0. The quantitative estimate of drug-likeness (QED) is 0.855. The number of nitrogens with two attached hydrogens (primary N) is 1. The summed E-state index contributed by atoms with van der Waals surface area (Å²) in [6, 6.07) is 1.91. The second kappa shape index (κ2) is 4.94. The van der Waals surface area contributed by atoms with Gasteiger partial charge in [-0.3, -0.25) is 0 Å². The fourth-order valence-electron chi connectivity index (χ4n) is 2.40. The molecule has 2 rings (SSSR count). The van der Waals surface area contributed by atoms with Gasteiger partial charge in [0.1, 0.15) is 6.10 Å². The van der Waals surface area contributed by atoms with Gasteiger partial charge < -0.3 is 10.5 Å². The highest BCUT2D eigenvalue weighted by Crippen LogP contribution is 2.33. The Morgan fingerprint density at radius 2 is 2.06 bits per heavy atom. The second-order valence-corrected chi connectivity index (χ2v) is 5.35. The van der Waals surface area contributed by atoms with Gasteiger partial charge in [-0.2, -0.15) is 0 Å². The molecule has 0 spiro atoms. The first-order valence-corrected chi connectivity index (χ1v) is 6.45. The summed E-state index contributed by atoms with van der Waals surface area (Å²) in [4.78, 5) is 4.23. The van der Waals surface area contributed by atoms with Crippen molar-refractivity contribution in [2.75, 3.05) is 5.73 Å². The van der Waals surface area contributed by atoms with Crippen LogP contribution in [0.3, 0.4) is 0 Å². The summed E-state index contributed by atoms with van der Waals surface area (Å²) in [5, 5.41) is 0. The van der Waals surface area contributed by atoms with Gasteiger partial charge in [0.25, 0.3) is 0 Å². The van der Waals surface area contributed by atoms with Gasteiger partial charge in [0.15, 0.2) is 0 Å². The van der Waals surface area contributed by atoms with E-state index in [2.05, 4.69) is 18.8 Å². The smallest absolute Gasteiger partial charge is 0.237 e. The Balaban J connectivity index is 2.04. The monoisotopic (exact) mass is 234 g/mol. The van der Waals surface area contributed by atoms with E-state index in [0.717, 1.165) is 30.2 Å². The number of aryl methyl sites for hydroxylation is 1. The van der Waals surface area contributed by atoms with Crippen LogP contribution in [0.4, 0.5) is 5.69 Å². The van der Waals surface area contributed by atoms with E-state index in [1.165, 1.54) is 6.42 Å². The summed E-state index contributed by atoms with van der Waals surface area (Å²) in [6.07, 6.45) is 5.49. The van der Waals surface area contributed by atoms with Crippen LogP contribution < -0.4 is 10.5 Å². The van der Waals surface area contributed by atoms with E-state index in [0.29, 0.717) is 11.6 Å². The van der Waals surface area contributed by atoms with Gasteiger partial charge in [0.2, 0.25) is 5.88 Å². The van der Waals surface area contributed by atoms with Crippen LogP contribution in [0.25, 0.3) is 0 Å². The topological polar surface area (TPSA) is 48.1 Å². The number of aromatic nitrogens is 1. The van der Waals surface area contributed by atoms with Crippen LogP contribution in [0, 0.1) is 18.8 Å². The van der Waals surface area contributed by atoms with Crippen molar-refractivity contribution in [1.29, 1.82) is 0 Å². The van der Waals surface area contributed by atoms with Crippen LogP contribution >= 0.6 is 0 Å².